The Kier molecular flexibility index (Phi) is 8.87. The van der Waals surface area contributed by atoms with Crippen molar-refractivity contribution in [1.82, 2.24) is 0 Å². The van der Waals surface area contributed by atoms with Crippen molar-refractivity contribution in [2.45, 2.75) is 52.9 Å². The average molecular weight is 502 g/mol. The summed E-state index contributed by atoms with van der Waals surface area (Å²) in [5.74, 6) is 0.298. The number of hydrogen-bond acceptors (Lipinski definition) is 5. The minimum atomic E-state index is -0.574. The van der Waals surface area contributed by atoms with Gasteiger partial charge >= 0.3 is 5.97 Å². The molecular formula is C31H35NO5. The Morgan fingerprint density at radius 1 is 0.703 bits per heavy atom. The number of nitrogens with one attached hydrogen (secondary N) is 1. The molecule has 0 saturated heterocycles. The van der Waals surface area contributed by atoms with Crippen LogP contribution in [0.15, 0.2) is 78.9 Å². The molecule has 0 radical (unpaired) electrons. The van der Waals surface area contributed by atoms with Gasteiger partial charge in [0.1, 0.15) is 11.5 Å². The van der Waals surface area contributed by atoms with E-state index in [9.17, 15) is 14.4 Å². The summed E-state index contributed by atoms with van der Waals surface area (Å²) in [4.78, 5) is 35.8. The van der Waals surface area contributed by atoms with Crippen LogP contribution in [0.2, 0.25) is 0 Å². The van der Waals surface area contributed by atoms with E-state index in [1.165, 1.54) is 11.1 Å². The van der Waals surface area contributed by atoms with Crippen LogP contribution in [0.3, 0.4) is 0 Å². The fraction of sp³-hybridized carbons (Fsp3) is 0.323. The van der Waals surface area contributed by atoms with Gasteiger partial charge in [-0.1, -0.05) is 77.1 Å². The molecule has 37 heavy (non-hydrogen) atoms. The van der Waals surface area contributed by atoms with Gasteiger partial charge in [0.25, 0.3) is 0 Å². The van der Waals surface area contributed by atoms with Gasteiger partial charge < -0.3 is 14.8 Å². The van der Waals surface area contributed by atoms with Gasteiger partial charge in [-0.3, -0.25) is 14.4 Å². The summed E-state index contributed by atoms with van der Waals surface area (Å²) in [6.45, 7) is 9.40. The van der Waals surface area contributed by atoms with E-state index in [1.54, 1.807) is 45.0 Å². The number of ether oxygens (including phenoxy) is 2. The Balaban J connectivity index is 1.48. The molecule has 0 aliphatic rings. The van der Waals surface area contributed by atoms with Crippen LogP contribution in [0.1, 0.15) is 58.6 Å². The second kappa shape index (κ2) is 11.9. The zero-order valence-corrected chi connectivity index (χ0v) is 22.2. The smallest absolute Gasteiger partial charge is 0.306 e. The first-order chi connectivity index (χ1) is 17.4. The Hall–Kier alpha value is -3.93. The maximum absolute atomic E-state index is 12.2. The fourth-order valence-corrected chi connectivity index (χ4v) is 3.58. The second-order valence-electron chi connectivity index (χ2n) is 10.5. The molecule has 194 valence electrons. The monoisotopic (exact) mass is 501 g/mol. The molecule has 0 heterocycles. The van der Waals surface area contributed by atoms with Crippen molar-refractivity contribution in [3.05, 3.63) is 90.0 Å². The number of Topliss-reactive ketones (excluding diaryl/α,β-unsaturated/α-hetero) is 1. The number of esters is 1. The third-order valence-electron chi connectivity index (χ3n) is 6.20. The van der Waals surface area contributed by atoms with Crippen LogP contribution in [0.5, 0.6) is 11.5 Å². The van der Waals surface area contributed by atoms with Crippen molar-refractivity contribution in [3.8, 4) is 11.5 Å². The third-order valence-corrected chi connectivity index (χ3v) is 6.20. The van der Waals surface area contributed by atoms with Gasteiger partial charge in [0, 0.05) is 22.9 Å². The molecule has 6 nitrogen and oxygen atoms in total. The van der Waals surface area contributed by atoms with Gasteiger partial charge in [0.05, 0.1) is 6.42 Å². The van der Waals surface area contributed by atoms with Crippen LogP contribution in [0.25, 0.3) is 0 Å². The molecule has 0 saturated carbocycles. The summed E-state index contributed by atoms with van der Waals surface area (Å²) < 4.78 is 10.9. The number of hydrogen-bond donors (Lipinski definition) is 1. The van der Waals surface area contributed by atoms with E-state index in [0.717, 1.165) is 0 Å². The first-order valence-corrected chi connectivity index (χ1v) is 12.4. The van der Waals surface area contributed by atoms with Gasteiger partial charge in [0.15, 0.2) is 12.4 Å². The standard InChI is InChI=1S/C31H35NO5/c1-30(2,3)27(33)21-36-29(35)20-19-28(34)32-24-13-17-26(18-14-24)37-25-15-11-23(12-16-25)31(4,5)22-9-7-6-8-10-22/h6-18H,19-21H2,1-5H3,(H,32,34). The van der Waals surface area contributed by atoms with Crippen LogP contribution in [-0.2, 0) is 24.5 Å². The van der Waals surface area contributed by atoms with E-state index < -0.39 is 11.4 Å². The van der Waals surface area contributed by atoms with Crippen LogP contribution >= 0.6 is 0 Å². The Morgan fingerprint density at radius 2 is 1.24 bits per heavy atom. The number of amides is 1. The quantitative estimate of drug-likeness (QED) is 0.313. The van der Waals surface area contributed by atoms with Crippen LogP contribution in [-0.4, -0.2) is 24.3 Å². The highest BCUT2D eigenvalue weighted by Crippen LogP contribution is 2.33. The van der Waals surface area contributed by atoms with Crippen molar-refractivity contribution in [2.24, 2.45) is 5.41 Å². The van der Waals surface area contributed by atoms with E-state index in [0.29, 0.717) is 17.2 Å². The summed E-state index contributed by atoms with van der Waals surface area (Å²) in [5, 5.41) is 2.75. The molecule has 0 spiro atoms. The maximum atomic E-state index is 12.2. The van der Waals surface area contributed by atoms with Gasteiger partial charge in [-0.25, -0.2) is 0 Å². The van der Waals surface area contributed by atoms with Crippen LogP contribution < -0.4 is 10.1 Å². The summed E-state index contributed by atoms with van der Waals surface area (Å²) >= 11 is 0. The van der Waals surface area contributed by atoms with Crippen LogP contribution in [0, 0.1) is 5.41 Å². The van der Waals surface area contributed by atoms with Crippen molar-refractivity contribution in [1.29, 1.82) is 0 Å². The fourth-order valence-electron chi connectivity index (χ4n) is 3.58. The lowest BCUT2D eigenvalue weighted by atomic mass is 9.78. The molecule has 0 bridgehead atoms. The molecule has 0 atom stereocenters. The predicted molar refractivity (Wildman–Crippen MR) is 145 cm³/mol. The topological polar surface area (TPSA) is 81.7 Å². The number of carbonyl (C=O) groups excluding carboxylic acids is 3. The van der Waals surface area contributed by atoms with Crippen molar-refractivity contribution < 1.29 is 23.9 Å². The lowest BCUT2D eigenvalue weighted by molar-refractivity contribution is -0.150. The van der Waals surface area contributed by atoms with E-state index in [2.05, 4.69) is 43.4 Å². The molecule has 3 rings (SSSR count). The van der Waals surface area contributed by atoms with Crippen molar-refractivity contribution in [2.75, 3.05) is 11.9 Å². The minimum absolute atomic E-state index is 0.0352. The molecule has 0 aliphatic carbocycles. The lowest BCUT2D eigenvalue weighted by Crippen LogP contribution is -2.26. The van der Waals surface area contributed by atoms with Gasteiger partial charge in [-0.05, 0) is 47.5 Å². The van der Waals surface area contributed by atoms with E-state index in [-0.39, 0.29) is 36.6 Å². The summed E-state index contributed by atoms with van der Waals surface area (Å²) in [5.41, 5.74) is 2.33. The summed E-state index contributed by atoms with van der Waals surface area (Å²) in [6.07, 6.45) is -0.131. The molecule has 0 aliphatic heterocycles. The lowest BCUT2D eigenvalue weighted by Gasteiger charge is -2.26. The Bertz CT molecular complexity index is 1210. The highest BCUT2D eigenvalue weighted by molar-refractivity contribution is 5.93. The second-order valence-corrected chi connectivity index (χ2v) is 10.5. The van der Waals surface area contributed by atoms with Gasteiger partial charge in [-0.2, -0.15) is 0 Å². The highest BCUT2D eigenvalue weighted by Gasteiger charge is 2.23. The predicted octanol–water partition coefficient (Wildman–Crippen LogP) is 6.68. The molecule has 3 aromatic carbocycles. The first kappa shape index (κ1) is 27.7. The summed E-state index contributed by atoms with van der Waals surface area (Å²) in [6, 6.07) is 25.4. The largest absolute Gasteiger partial charge is 0.458 e. The van der Waals surface area contributed by atoms with Crippen molar-refractivity contribution in [3.63, 3.8) is 0 Å². The molecule has 3 aromatic rings. The molecule has 0 unspecified atom stereocenters. The average Bonchev–Trinajstić information content (AvgIpc) is 2.87. The number of carbonyl (C=O) groups is 3. The number of anilines is 1. The van der Waals surface area contributed by atoms with Gasteiger partial charge in [0.2, 0.25) is 5.91 Å². The summed E-state index contributed by atoms with van der Waals surface area (Å²) in [7, 11) is 0. The Morgan fingerprint density at radius 3 is 1.81 bits per heavy atom. The molecule has 1 amide bonds. The maximum Gasteiger partial charge on any atom is 0.306 e. The highest BCUT2D eigenvalue weighted by atomic mass is 16.5. The van der Waals surface area contributed by atoms with E-state index in [4.69, 9.17) is 9.47 Å². The zero-order chi connectivity index (χ0) is 27.1. The SMILES string of the molecule is CC(C)(C)C(=O)COC(=O)CCC(=O)Nc1ccc(Oc2ccc(C(C)(C)c3ccccc3)cc2)cc1. The molecule has 1 N–H and O–H groups in total. The van der Waals surface area contributed by atoms with E-state index >= 15 is 0 Å². The zero-order valence-electron chi connectivity index (χ0n) is 22.2. The number of benzene rings is 3. The molecular weight excluding hydrogens is 466 g/mol. The minimum Gasteiger partial charge on any atom is -0.458 e. The molecule has 6 heteroatoms. The van der Waals surface area contributed by atoms with E-state index in [1.807, 2.05) is 30.3 Å². The van der Waals surface area contributed by atoms with Crippen LogP contribution in [0.4, 0.5) is 5.69 Å². The molecule has 0 fully saturated rings. The normalized spacial score (nSPS) is 11.5. The van der Waals surface area contributed by atoms with Gasteiger partial charge in [-0.15, -0.1) is 0 Å². The first-order valence-electron chi connectivity index (χ1n) is 12.4. The number of rotatable bonds is 10. The Labute approximate surface area is 219 Å². The number of ketones is 1. The van der Waals surface area contributed by atoms with Crippen molar-refractivity contribution >= 4 is 23.3 Å². The molecule has 0 aromatic heterocycles. The third kappa shape index (κ3) is 8.04.